The molecule has 1 aromatic rings. The van der Waals surface area contributed by atoms with E-state index in [0.717, 1.165) is 18.4 Å². The third-order valence-corrected chi connectivity index (χ3v) is 4.12. The lowest BCUT2D eigenvalue weighted by Crippen LogP contribution is -2.64. The largest absolute Gasteiger partial charge is 0.386 e. The first-order valence-corrected chi connectivity index (χ1v) is 6.90. The molecule has 1 saturated carbocycles. The van der Waals surface area contributed by atoms with Crippen molar-refractivity contribution in [3.63, 3.8) is 0 Å². The maximum Gasteiger partial charge on any atom is 0.246 e. The molecule has 0 spiro atoms. The highest BCUT2D eigenvalue weighted by Gasteiger charge is 2.52. The van der Waals surface area contributed by atoms with Crippen molar-refractivity contribution in [1.29, 1.82) is 0 Å². The zero-order valence-electron chi connectivity index (χ0n) is 10.6. The number of hydrogen-bond acceptors (Lipinski definition) is 2. The summed E-state index contributed by atoms with van der Waals surface area (Å²) in [4.78, 5) is 13.6. The summed E-state index contributed by atoms with van der Waals surface area (Å²) in [5, 5.41) is 10.8. The Morgan fingerprint density at radius 2 is 1.95 bits per heavy atom. The van der Waals surface area contributed by atoms with Crippen LogP contribution in [0.25, 0.3) is 6.08 Å². The molecule has 2 aliphatic rings. The van der Waals surface area contributed by atoms with E-state index in [2.05, 4.69) is 0 Å². The number of rotatable bonds is 3. The summed E-state index contributed by atoms with van der Waals surface area (Å²) in [6.45, 7) is 0.947. The second kappa shape index (κ2) is 4.66. The Balaban J connectivity index is 1.56. The Morgan fingerprint density at radius 1 is 1.32 bits per heavy atom. The highest BCUT2D eigenvalue weighted by atomic mass is 35.5. The van der Waals surface area contributed by atoms with Crippen LogP contribution in [0.4, 0.5) is 0 Å². The first-order chi connectivity index (χ1) is 9.07. The van der Waals surface area contributed by atoms with Gasteiger partial charge in [-0.3, -0.25) is 4.79 Å². The fraction of sp³-hybridized carbons (Fsp3) is 0.400. The van der Waals surface area contributed by atoms with Crippen molar-refractivity contribution in [1.82, 2.24) is 4.90 Å². The number of nitrogens with zero attached hydrogens (tertiary/aromatic N) is 1. The molecule has 19 heavy (non-hydrogen) atoms. The Kier molecular flexibility index (Phi) is 3.11. The summed E-state index contributed by atoms with van der Waals surface area (Å²) in [7, 11) is 0. The first kappa shape index (κ1) is 12.7. The Hall–Kier alpha value is -1.32. The topological polar surface area (TPSA) is 40.5 Å². The van der Waals surface area contributed by atoms with Gasteiger partial charge in [0.05, 0.1) is 13.1 Å². The molecule has 0 unspecified atom stereocenters. The second-order valence-corrected chi connectivity index (χ2v) is 5.89. The molecule has 100 valence electrons. The lowest BCUT2D eigenvalue weighted by Gasteiger charge is -2.46. The SMILES string of the molecule is O=C(C=Cc1ccc(Cl)cc1)N1CC(O)(C2CC2)C1. The van der Waals surface area contributed by atoms with Crippen molar-refractivity contribution in [3.05, 3.63) is 40.9 Å². The third kappa shape index (κ3) is 2.67. The van der Waals surface area contributed by atoms with Crippen molar-refractivity contribution in [2.45, 2.75) is 18.4 Å². The molecule has 1 amide bonds. The standard InChI is InChI=1S/C15H16ClNO2/c16-13-6-1-11(2-7-13)3-8-14(18)17-9-15(19,10-17)12-4-5-12/h1-3,6-8,12,19H,4-5,9-10H2. The molecule has 0 aromatic heterocycles. The summed E-state index contributed by atoms with van der Waals surface area (Å²) in [5.41, 5.74) is 0.333. The fourth-order valence-electron chi connectivity index (χ4n) is 2.50. The molecule has 0 bridgehead atoms. The molecule has 3 nitrogen and oxygen atoms in total. The molecule has 3 rings (SSSR count). The van der Waals surface area contributed by atoms with Gasteiger partial charge < -0.3 is 10.0 Å². The third-order valence-electron chi connectivity index (χ3n) is 3.87. The van der Waals surface area contributed by atoms with Crippen molar-refractivity contribution >= 4 is 23.6 Å². The van der Waals surface area contributed by atoms with Crippen LogP contribution in [-0.2, 0) is 4.79 Å². The van der Waals surface area contributed by atoms with Crippen LogP contribution in [0.3, 0.4) is 0 Å². The van der Waals surface area contributed by atoms with Gasteiger partial charge in [-0.05, 0) is 42.5 Å². The minimum absolute atomic E-state index is 0.0414. The zero-order valence-corrected chi connectivity index (χ0v) is 11.3. The predicted octanol–water partition coefficient (Wildman–Crippen LogP) is 2.34. The number of amides is 1. The minimum Gasteiger partial charge on any atom is -0.386 e. The smallest absolute Gasteiger partial charge is 0.246 e. The van der Waals surface area contributed by atoms with Crippen molar-refractivity contribution < 1.29 is 9.90 Å². The summed E-state index contributed by atoms with van der Waals surface area (Å²) in [6, 6.07) is 7.31. The summed E-state index contributed by atoms with van der Waals surface area (Å²) >= 11 is 5.80. The molecule has 1 aromatic carbocycles. The Labute approximate surface area is 117 Å². The van der Waals surface area contributed by atoms with Crippen molar-refractivity contribution in [3.8, 4) is 0 Å². The molecule has 1 N–H and O–H groups in total. The van der Waals surface area contributed by atoms with Crippen LogP contribution in [-0.4, -0.2) is 34.6 Å². The van der Waals surface area contributed by atoms with E-state index in [0.29, 0.717) is 24.0 Å². The van der Waals surface area contributed by atoms with E-state index in [4.69, 9.17) is 11.6 Å². The van der Waals surface area contributed by atoms with E-state index in [-0.39, 0.29) is 5.91 Å². The van der Waals surface area contributed by atoms with E-state index >= 15 is 0 Å². The Morgan fingerprint density at radius 3 is 2.53 bits per heavy atom. The number of aliphatic hydroxyl groups is 1. The van der Waals surface area contributed by atoms with Crippen LogP contribution in [0.15, 0.2) is 30.3 Å². The quantitative estimate of drug-likeness (QED) is 0.862. The molecule has 1 aliphatic carbocycles. The van der Waals surface area contributed by atoms with Gasteiger partial charge in [-0.1, -0.05) is 23.7 Å². The summed E-state index contributed by atoms with van der Waals surface area (Å²) in [6.07, 6.45) is 5.52. The van der Waals surface area contributed by atoms with Gasteiger partial charge in [0.2, 0.25) is 5.91 Å². The average molecular weight is 278 g/mol. The summed E-state index contributed by atoms with van der Waals surface area (Å²) < 4.78 is 0. The Bertz CT molecular complexity index is 513. The summed E-state index contributed by atoms with van der Waals surface area (Å²) in [5.74, 6) is 0.372. The van der Waals surface area contributed by atoms with Crippen LogP contribution in [0.1, 0.15) is 18.4 Å². The number of benzene rings is 1. The predicted molar refractivity (Wildman–Crippen MR) is 74.7 cm³/mol. The van der Waals surface area contributed by atoms with Gasteiger partial charge in [0.25, 0.3) is 0 Å². The second-order valence-electron chi connectivity index (χ2n) is 5.46. The molecule has 0 radical (unpaired) electrons. The molecular formula is C15H16ClNO2. The fourth-order valence-corrected chi connectivity index (χ4v) is 2.62. The van der Waals surface area contributed by atoms with Crippen molar-refractivity contribution in [2.75, 3.05) is 13.1 Å². The number of β-amino-alcohol motifs (C(OH)–C–C–N with tert-alkyl or cyclic N) is 1. The molecule has 1 heterocycles. The van der Waals surface area contributed by atoms with Gasteiger partial charge in [-0.25, -0.2) is 0 Å². The first-order valence-electron chi connectivity index (χ1n) is 6.52. The normalized spacial score (nSPS) is 21.5. The van der Waals surface area contributed by atoms with Crippen LogP contribution in [0, 0.1) is 5.92 Å². The maximum atomic E-state index is 11.9. The molecular weight excluding hydrogens is 262 g/mol. The highest BCUT2D eigenvalue weighted by Crippen LogP contribution is 2.44. The van der Waals surface area contributed by atoms with Crippen molar-refractivity contribution in [2.24, 2.45) is 5.92 Å². The van der Waals surface area contributed by atoms with Gasteiger partial charge >= 0.3 is 0 Å². The van der Waals surface area contributed by atoms with Crippen LogP contribution in [0.5, 0.6) is 0 Å². The van der Waals surface area contributed by atoms with Crippen LogP contribution >= 0.6 is 11.6 Å². The van der Waals surface area contributed by atoms with E-state index in [1.807, 2.05) is 12.1 Å². The molecule has 4 heteroatoms. The minimum atomic E-state index is -0.607. The van der Waals surface area contributed by atoms with Gasteiger partial charge in [-0.15, -0.1) is 0 Å². The number of carbonyl (C=O) groups excluding carboxylic acids is 1. The molecule has 1 saturated heterocycles. The lowest BCUT2D eigenvalue weighted by atomic mass is 9.88. The highest BCUT2D eigenvalue weighted by molar-refractivity contribution is 6.30. The monoisotopic (exact) mass is 277 g/mol. The number of likely N-dealkylation sites (tertiary alicyclic amines) is 1. The maximum absolute atomic E-state index is 11.9. The average Bonchev–Trinajstić information content (AvgIpc) is 3.18. The lowest BCUT2D eigenvalue weighted by molar-refractivity contribution is -0.154. The van der Waals surface area contributed by atoms with Gasteiger partial charge in [0.1, 0.15) is 5.60 Å². The van der Waals surface area contributed by atoms with Crippen LogP contribution < -0.4 is 0 Å². The van der Waals surface area contributed by atoms with E-state index < -0.39 is 5.60 Å². The molecule has 2 fully saturated rings. The van der Waals surface area contributed by atoms with Crippen LogP contribution in [0.2, 0.25) is 5.02 Å². The number of hydrogen-bond donors (Lipinski definition) is 1. The van der Waals surface area contributed by atoms with E-state index in [1.54, 1.807) is 29.2 Å². The van der Waals surface area contributed by atoms with Gasteiger partial charge in [0.15, 0.2) is 0 Å². The van der Waals surface area contributed by atoms with Gasteiger partial charge in [0, 0.05) is 11.1 Å². The number of carbonyl (C=O) groups is 1. The molecule has 1 aliphatic heterocycles. The molecule has 0 atom stereocenters. The number of halogens is 1. The van der Waals surface area contributed by atoms with Gasteiger partial charge in [-0.2, -0.15) is 0 Å². The van der Waals surface area contributed by atoms with E-state index in [9.17, 15) is 9.90 Å². The van der Waals surface area contributed by atoms with E-state index in [1.165, 1.54) is 0 Å². The zero-order chi connectivity index (χ0) is 13.5.